The van der Waals surface area contributed by atoms with E-state index in [2.05, 4.69) is 76.0 Å². The molecule has 0 spiro atoms. The quantitative estimate of drug-likeness (QED) is 0.0154. The standard InChI is InChI=1S/C45H76O8/c1-5-9-12-15-18-19-20-21-22-23-24-25-26-27-30-33-43(47)52-39-41(38-51-42(46)8-4)40-53-44(48)34-35-45(49-36-31-28-16-13-10-6-2)50-37-32-29-17-14-11-7-3/h8,10-11,13-14,18-19,21-22,41,45H,4-7,9,12,15-17,20,23-40H2,1-3H3/b13-10-,14-11-,19-18-,22-21-. The van der Waals surface area contributed by atoms with E-state index in [9.17, 15) is 14.4 Å². The van der Waals surface area contributed by atoms with Crippen LogP contribution in [-0.4, -0.2) is 57.2 Å². The maximum atomic E-state index is 12.7. The van der Waals surface area contributed by atoms with Gasteiger partial charge in [-0.2, -0.15) is 0 Å². The Balaban J connectivity index is 4.52. The highest BCUT2D eigenvalue weighted by Crippen LogP contribution is 2.13. The number of esters is 3. The third-order valence-electron chi connectivity index (χ3n) is 8.45. The average molecular weight is 745 g/mol. The van der Waals surface area contributed by atoms with Crippen molar-refractivity contribution >= 4 is 17.9 Å². The zero-order valence-corrected chi connectivity index (χ0v) is 33.9. The normalized spacial score (nSPS) is 12.5. The molecule has 0 fully saturated rings. The smallest absolute Gasteiger partial charge is 0.330 e. The fourth-order valence-corrected chi connectivity index (χ4v) is 5.23. The lowest BCUT2D eigenvalue weighted by molar-refractivity contribution is -0.161. The fraction of sp³-hybridized carbons (Fsp3) is 0.711. The van der Waals surface area contributed by atoms with Crippen molar-refractivity contribution in [3.8, 4) is 0 Å². The third-order valence-corrected chi connectivity index (χ3v) is 8.45. The molecule has 0 rings (SSSR count). The molecule has 0 radical (unpaired) electrons. The summed E-state index contributed by atoms with van der Waals surface area (Å²) in [5.74, 6) is -1.78. The highest BCUT2D eigenvalue weighted by atomic mass is 16.7. The lowest BCUT2D eigenvalue weighted by Gasteiger charge is -2.19. The van der Waals surface area contributed by atoms with Crippen LogP contribution in [0.4, 0.5) is 0 Å². The van der Waals surface area contributed by atoms with Crippen molar-refractivity contribution < 1.29 is 38.1 Å². The van der Waals surface area contributed by atoms with Gasteiger partial charge in [-0.05, 0) is 89.9 Å². The van der Waals surface area contributed by atoms with Gasteiger partial charge in [0.2, 0.25) is 0 Å². The fourth-order valence-electron chi connectivity index (χ4n) is 5.23. The molecular weight excluding hydrogens is 668 g/mol. The van der Waals surface area contributed by atoms with Gasteiger partial charge in [0.25, 0.3) is 0 Å². The van der Waals surface area contributed by atoms with E-state index in [1.807, 2.05) is 0 Å². The molecule has 0 aliphatic carbocycles. The number of carbonyl (C=O) groups is 3. The molecule has 8 nitrogen and oxygen atoms in total. The largest absolute Gasteiger partial charge is 0.465 e. The van der Waals surface area contributed by atoms with Gasteiger partial charge in [0.1, 0.15) is 19.8 Å². The van der Waals surface area contributed by atoms with Crippen LogP contribution in [0.2, 0.25) is 0 Å². The summed E-state index contributed by atoms with van der Waals surface area (Å²) in [4.78, 5) is 36.8. The van der Waals surface area contributed by atoms with E-state index in [0.29, 0.717) is 26.1 Å². The van der Waals surface area contributed by atoms with E-state index in [0.717, 1.165) is 102 Å². The summed E-state index contributed by atoms with van der Waals surface area (Å²) in [7, 11) is 0. The van der Waals surface area contributed by atoms with E-state index >= 15 is 0 Å². The van der Waals surface area contributed by atoms with Gasteiger partial charge in [-0.3, -0.25) is 9.59 Å². The van der Waals surface area contributed by atoms with E-state index in [-0.39, 0.29) is 32.2 Å². The zero-order chi connectivity index (χ0) is 38.9. The van der Waals surface area contributed by atoms with Crippen LogP contribution < -0.4 is 0 Å². The van der Waals surface area contributed by atoms with Crippen LogP contribution in [0.25, 0.3) is 0 Å². The van der Waals surface area contributed by atoms with Gasteiger partial charge < -0.3 is 23.7 Å². The molecule has 1 atom stereocenters. The summed E-state index contributed by atoms with van der Waals surface area (Å²) in [6, 6.07) is 0. The second-order valence-corrected chi connectivity index (χ2v) is 13.5. The number of hydrogen-bond donors (Lipinski definition) is 0. The predicted octanol–water partition coefficient (Wildman–Crippen LogP) is 11.6. The molecule has 8 heteroatoms. The topological polar surface area (TPSA) is 97.4 Å². The maximum absolute atomic E-state index is 12.7. The molecule has 0 aromatic rings. The van der Waals surface area contributed by atoms with Gasteiger partial charge >= 0.3 is 17.9 Å². The Kier molecular flexibility index (Phi) is 38.0. The molecule has 53 heavy (non-hydrogen) atoms. The van der Waals surface area contributed by atoms with Gasteiger partial charge in [0.15, 0.2) is 6.29 Å². The van der Waals surface area contributed by atoms with E-state index < -0.39 is 24.1 Å². The Morgan fingerprint density at radius 2 is 1.00 bits per heavy atom. The number of hydrogen-bond acceptors (Lipinski definition) is 8. The van der Waals surface area contributed by atoms with Crippen LogP contribution >= 0.6 is 0 Å². The average Bonchev–Trinajstić information content (AvgIpc) is 3.16. The minimum Gasteiger partial charge on any atom is -0.465 e. The second-order valence-electron chi connectivity index (χ2n) is 13.5. The van der Waals surface area contributed by atoms with Gasteiger partial charge in [-0.15, -0.1) is 0 Å². The molecule has 0 aliphatic rings. The molecule has 0 bridgehead atoms. The Hall–Kier alpha value is -2.97. The number of carbonyl (C=O) groups excluding carboxylic acids is 3. The van der Waals surface area contributed by atoms with E-state index in [1.54, 1.807) is 0 Å². The maximum Gasteiger partial charge on any atom is 0.330 e. The minimum absolute atomic E-state index is 0.00740. The lowest BCUT2D eigenvalue weighted by atomic mass is 10.1. The number of unbranched alkanes of at least 4 members (excludes halogenated alkanes) is 12. The number of rotatable bonds is 38. The molecule has 0 aromatic carbocycles. The highest BCUT2D eigenvalue weighted by Gasteiger charge is 2.19. The Labute approximate surface area is 323 Å². The zero-order valence-electron chi connectivity index (χ0n) is 33.9. The van der Waals surface area contributed by atoms with Gasteiger partial charge in [0, 0.05) is 32.1 Å². The summed E-state index contributed by atoms with van der Waals surface area (Å²) >= 11 is 0. The Morgan fingerprint density at radius 1 is 0.528 bits per heavy atom. The predicted molar refractivity (Wildman–Crippen MR) is 217 cm³/mol. The highest BCUT2D eigenvalue weighted by molar-refractivity contribution is 5.81. The first-order valence-corrected chi connectivity index (χ1v) is 20.9. The molecule has 1 unspecified atom stereocenters. The Bertz CT molecular complexity index is 974. The van der Waals surface area contributed by atoms with Gasteiger partial charge in [0.05, 0.1) is 12.3 Å². The molecule has 0 saturated carbocycles. The molecule has 0 aromatic heterocycles. The lowest BCUT2D eigenvalue weighted by Crippen LogP contribution is -2.26. The van der Waals surface area contributed by atoms with E-state index in [4.69, 9.17) is 23.7 Å². The van der Waals surface area contributed by atoms with E-state index in [1.165, 1.54) is 25.7 Å². The summed E-state index contributed by atoms with van der Waals surface area (Å²) in [6.07, 6.45) is 39.5. The molecule has 0 saturated heterocycles. The van der Waals surface area contributed by atoms with Crippen molar-refractivity contribution in [2.75, 3.05) is 33.0 Å². The molecule has 0 N–H and O–H groups in total. The molecule has 0 heterocycles. The first-order valence-electron chi connectivity index (χ1n) is 20.9. The van der Waals surface area contributed by atoms with Crippen LogP contribution in [-0.2, 0) is 38.1 Å². The SMILES string of the molecule is C=CC(=O)OCC(COC(=O)CCCCCCC/C=C\C/C=C\CCCCC)COC(=O)CCC(OCCCC/C=C\CC)OCCCC/C=C\CC. The van der Waals surface area contributed by atoms with Crippen LogP contribution in [0.15, 0.2) is 61.3 Å². The number of ether oxygens (including phenoxy) is 5. The van der Waals surface area contributed by atoms with Crippen molar-refractivity contribution in [2.45, 2.75) is 168 Å². The monoisotopic (exact) mass is 745 g/mol. The molecule has 0 amide bonds. The number of allylic oxidation sites excluding steroid dienone is 8. The summed E-state index contributed by atoms with van der Waals surface area (Å²) < 4.78 is 28.2. The summed E-state index contributed by atoms with van der Waals surface area (Å²) in [6.45, 7) is 10.9. The van der Waals surface area contributed by atoms with Crippen molar-refractivity contribution in [1.29, 1.82) is 0 Å². The minimum atomic E-state index is -0.585. The van der Waals surface area contributed by atoms with Crippen molar-refractivity contribution in [3.63, 3.8) is 0 Å². The van der Waals surface area contributed by atoms with Gasteiger partial charge in [-0.1, -0.05) is 108 Å². The molecule has 304 valence electrons. The van der Waals surface area contributed by atoms with Crippen LogP contribution in [0.1, 0.15) is 162 Å². The Morgan fingerprint density at radius 3 is 1.55 bits per heavy atom. The van der Waals surface area contributed by atoms with Crippen LogP contribution in [0.3, 0.4) is 0 Å². The van der Waals surface area contributed by atoms with Crippen molar-refractivity contribution in [2.24, 2.45) is 5.92 Å². The molecule has 0 aliphatic heterocycles. The summed E-state index contributed by atoms with van der Waals surface area (Å²) in [5, 5.41) is 0. The van der Waals surface area contributed by atoms with Crippen molar-refractivity contribution in [3.05, 3.63) is 61.3 Å². The van der Waals surface area contributed by atoms with Crippen LogP contribution in [0.5, 0.6) is 0 Å². The summed E-state index contributed by atoms with van der Waals surface area (Å²) in [5.41, 5.74) is 0. The third kappa shape index (κ3) is 37.1. The second kappa shape index (κ2) is 40.2. The van der Waals surface area contributed by atoms with Gasteiger partial charge in [-0.25, -0.2) is 4.79 Å². The van der Waals surface area contributed by atoms with Crippen molar-refractivity contribution in [1.82, 2.24) is 0 Å². The molecular formula is C45H76O8. The van der Waals surface area contributed by atoms with Crippen LogP contribution in [0, 0.1) is 5.92 Å². The first-order chi connectivity index (χ1) is 26.0. The first kappa shape index (κ1) is 50.0.